The Morgan fingerprint density at radius 2 is 2.11 bits per heavy atom. The summed E-state index contributed by atoms with van der Waals surface area (Å²) in [6.07, 6.45) is 2.04. The molecule has 0 unspecified atom stereocenters. The molecule has 3 rings (SSSR count). The first kappa shape index (κ1) is 11.7. The maximum absolute atomic E-state index is 13.5. The van der Waals surface area contributed by atoms with E-state index in [2.05, 4.69) is 4.98 Å². The van der Waals surface area contributed by atoms with Gasteiger partial charge < -0.3 is 9.88 Å². The normalized spacial score (nSPS) is 14.8. The smallest absolute Gasteiger partial charge is 0.270 e. The molecule has 19 heavy (non-hydrogen) atoms. The van der Waals surface area contributed by atoms with Gasteiger partial charge in [0.25, 0.3) is 5.91 Å². The molecule has 96 valence electrons. The van der Waals surface area contributed by atoms with Gasteiger partial charge in [0.2, 0.25) is 0 Å². The summed E-state index contributed by atoms with van der Waals surface area (Å²) in [5, 5.41) is 9.44. The highest BCUT2D eigenvalue weighted by Crippen LogP contribution is 2.23. The summed E-state index contributed by atoms with van der Waals surface area (Å²) in [6.45, 7) is 1.52. The van der Waals surface area contributed by atoms with Crippen molar-refractivity contribution in [2.75, 3.05) is 13.1 Å². The number of fused-ring (bicyclic) bond motifs is 1. The zero-order chi connectivity index (χ0) is 13.4. The molecule has 0 aliphatic carbocycles. The summed E-state index contributed by atoms with van der Waals surface area (Å²) in [7, 11) is 0. The van der Waals surface area contributed by atoms with Gasteiger partial charge in [-0.05, 0) is 31.0 Å². The number of aromatic amines is 1. The second kappa shape index (κ2) is 4.39. The summed E-state index contributed by atoms with van der Waals surface area (Å²) in [5.41, 5.74) is 1.01. The average Bonchev–Trinajstić information content (AvgIpc) is 3.07. The Morgan fingerprint density at radius 1 is 1.37 bits per heavy atom. The number of nitrogens with one attached hydrogen (secondary N) is 1. The second-order valence-electron chi connectivity index (χ2n) is 4.68. The van der Waals surface area contributed by atoms with Crippen LogP contribution in [0.15, 0.2) is 18.2 Å². The topological polar surface area (TPSA) is 59.9 Å². The van der Waals surface area contributed by atoms with Crippen molar-refractivity contribution in [3.8, 4) is 6.07 Å². The summed E-state index contributed by atoms with van der Waals surface area (Å²) < 4.78 is 13.5. The van der Waals surface area contributed by atoms with Crippen LogP contribution in [0.5, 0.6) is 0 Å². The molecule has 1 amide bonds. The molecular formula is C14H12FN3O. The molecule has 1 aliphatic rings. The van der Waals surface area contributed by atoms with Crippen molar-refractivity contribution in [1.29, 1.82) is 5.26 Å². The summed E-state index contributed by atoms with van der Waals surface area (Å²) >= 11 is 0. The van der Waals surface area contributed by atoms with E-state index in [0.29, 0.717) is 16.6 Å². The first-order valence-corrected chi connectivity index (χ1v) is 6.21. The van der Waals surface area contributed by atoms with Crippen molar-refractivity contribution in [3.05, 3.63) is 35.3 Å². The van der Waals surface area contributed by atoms with Crippen molar-refractivity contribution >= 4 is 16.8 Å². The Labute approximate surface area is 109 Å². The molecule has 1 aromatic heterocycles. The van der Waals surface area contributed by atoms with Crippen LogP contribution in [-0.2, 0) is 0 Å². The number of rotatable bonds is 1. The van der Waals surface area contributed by atoms with Crippen LogP contribution in [0.25, 0.3) is 10.9 Å². The van der Waals surface area contributed by atoms with E-state index in [1.54, 1.807) is 17.0 Å². The van der Waals surface area contributed by atoms with Crippen LogP contribution in [0.3, 0.4) is 0 Å². The molecule has 2 heterocycles. The van der Waals surface area contributed by atoms with Gasteiger partial charge in [0.05, 0.1) is 5.56 Å². The van der Waals surface area contributed by atoms with Gasteiger partial charge in [0, 0.05) is 24.0 Å². The molecule has 1 aliphatic heterocycles. The zero-order valence-corrected chi connectivity index (χ0v) is 10.2. The molecule has 0 radical (unpaired) electrons. The first-order chi connectivity index (χ1) is 9.20. The van der Waals surface area contributed by atoms with Crippen LogP contribution < -0.4 is 0 Å². The van der Waals surface area contributed by atoms with Crippen LogP contribution in [0.4, 0.5) is 4.39 Å². The number of likely N-dealkylation sites (tertiary alicyclic amines) is 1. The molecule has 5 heteroatoms. The molecule has 0 atom stereocenters. The maximum Gasteiger partial charge on any atom is 0.270 e. The number of nitrogens with zero attached hydrogens (tertiary/aromatic N) is 2. The van der Waals surface area contributed by atoms with Gasteiger partial charge in [-0.25, -0.2) is 4.39 Å². The largest absolute Gasteiger partial charge is 0.350 e. The number of aromatic nitrogens is 1. The Kier molecular flexibility index (Phi) is 2.71. The molecule has 4 nitrogen and oxygen atoms in total. The van der Waals surface area contributed by atoms with Crippen LogP contribution >= 0.6 is 0 Å². The molecule has 1 N–H and O–H groups in total. The van der Waals surface area contributed by atoms with Gasteiger partial charge in [0.15, 0.2) is 0 Å². The minimum Gasteiger partial charge on any atom is -0.350 e. The van der Waals surface area contributed by atoms with E-state index in [-0.39, 0.29) is 11.5 Å². The van der Waals surface area contributed by atoms with Gasteiger partial charge in [-0.3, -0.25) is 4.79 Å². The number of carbonyl (C=O) groups is 1. The minimum atomic E-state index is -0.561. The fraction of sp³-hybridized carbons (Fsp3) is 0.286. The van der Waals surface area contributed by atoms with Crippen molar-refractivity contribution in [2.45, 2.75) is 12.8 Å². The molecule has 0 spiro atoms. The number of carbonyl (C=O) groups excluding carboxylic acids is 1. The van der Waals surface area contributed by atoms with E-state index >= 15 is 0 Å². The van der Waals surface area contributed by atoms with Crippen molar-refractivity contribution in [3.63, 3.8) is 0 Å². The molecule has 0 saturated carbocycles. The van der Waals surface area contributed by atoms with E-state index in [1.807, 2.05) is 6.07 Å². The number of halogens is 1. The highest BCUT2D eigenvalue weighted by Gasteiger charge is 2.21. The number of H-pyrrole nitrogens is 1. The lowest BCUT2D eigenvalue weighted by molar-refractivity contribution is 0.0788. The van der Waals surface area contributed by atoms with Crippen molar-refractivity contribution < 1.29 is 9.18 Å². The predicted molar refractivity (Wildman–Crippen MR) is 68.1 cm³/mol. The fourth-order valence-electron chi connectivity index (χ4n) is 2.50. The second-order valence-corrected chi connectivity index (χ2v) is 4.68. The Morgan fingerprint density at radius 3 is 2.79 bits per heavy atom. The third-order valence-electron chi connectivity index (χ3n) is 3.49. The third kappa shape index (κ3) is 1.85. The lowest BCUT2D eigenvalue weighted by Crippen LogP contribution is -2.27. The summed E-state index contributed by atoms with van der Waals surface area (Å²) in [5.74, 6) is -0.646. The number of hydrogen-bond donors (Lipinski definition) is 1. The van der Waals surface area contributed by atoms with Gasteiger partial charge in [0.1, 0.15) is 17.6 Å². The van der Waals surface area contributed by atoms with Gasteiger partial charge in [-0.15, -0.1) is 0 Å². The van der Waals surface area contributed by atoms with Gasteiger partial charge >= 0.3 is 0 Å². The number of benzene rings is 1. The number of nitriles is 1. The van der Waals surface area contributed by atoms with Crippen LogP contribution in [0.2, 0.25) is 0 Å². The summed E-state index contributed by atoms with van der Waals surface area (Å²) in [6, 6.07) is 6.19. The maximum atomic E-state index is 13.5. The quantitative estimate of drug-likeness (QED) is 0.852. The zero-order valence-electron chi connectivity index (χ0n) is 10.2. The predicted octanol–water partition coefficient (Wildman–Crippen LogP) is 2.41. The molecular weight excluding hydrogens is 245 g/mol. The van der Waals surface area contributed by atoms with E-state index in [0.717, 1.165) is 25.9 Å². The highest BCUT2D eigenvalue weighted by molar-refractivity contribution is 5.99. The Balaban J connectivity index is 2.07. The third-order valence-corrected chi connectivity index (χ3v) is 3.49. The molecule has 1 aromatic carbocycles. The van der Waals surface area contributed by atoms with E-state index < -0.39 is 5.82 Å². The van der Waals surface area contributed by atoms with Crippen LogP contribution in [-0.4, -0.2) is 28.9 Å². The summed E-state index contributed by atoms with van der Waals surface area (Å²) in [4.78, 5) is 17.0. The SMILES string of the molecule is N#Cc1c(F)ccc2[nH]c(C(=O)N3CCCC3)cc12. The minimum absolute atomic E-state index is 0.0192. The Hall–Kier alpha value is -2.35. The van der Waals surface area contributed by atoms with Crippen LogP contribution in [0, 0.1) is 17.1 Å². The molecule has 2 aromatic rings. The molecule has 1 saturated heterocycles. The Bertz CT molecular complexity index is 693. The lowest BCUT2D eigenvalue weighted by atomic mass is 10.1. The van der Waals surface area contributed by atoms with Gasteiger partial charge in [-0.2, -0.15) is 5.26 Å². The first-order valence-electron chi connectivity index (χ1n) is 6.21. The fourth-order valence-corrected chi connectivity index (χ4v) is 2.50. The van der Waals surface area contributed by atoms with Crippen molar-refractivity contribution in [2.24, 2.45) is 0 Å². The molecule has 0 bridgehead atoms. The lowest BCUT2D eigenvalue weighted by Gasteiger charge is -2.13. The standard InChI is InChI=1S/C14H12FN3O/c15-11-3-4-12-9(10(11)8-16)7-13(17-12)14(19)18-5-1-2-6-18/h3-4,7,17H,1-2,5-6H2. The van der Waals surface area contributed by atoms with E-state index in [4.69, 9.17) is 5.26 Å². The monoisotopic (exact) mass is 257 g/mol. The van der Waals surface area contributed by atoms with Crippen LogP contribution in [0.1, 0.15) is 28.9 Å². The van der Waals surface area contributed by atoms with E-state index in [9.17, 15) is 9.18 Å². The molecule has 1 fully saturated rings. The number of amides is 1. The van der Waals surface area contributed by atoms with E-state index in [1.165, 1.54) is 6.07 Å². The van der Waals surface area contributed by atoms with Crippen molar-refractivity contribution in [1.82, 2.24) is 9.88 Å². The number of hydrogen-bond acceptors (Lipinski definition) is 2. The average molecular weight is 257 g/mol. The van der Waals surface area contributed by atoms with Gasteiger partial charge in [-0.1, -0.05) is 0 Å². The highest BCUT2D eigenvalue weighted by atomic mass is 19.1.